The van der Waals surface area contributed by atoms with Crippen molar-refractivity contribution < 1.29 is 9.59 Å². The summed E-state index contributed by atoms with van der Waals surface area (Å²) in [5, 5.41) is 2.82. The van der Waals surface area contributed by atoms with Gasteiger partial charge in [0, 0.05) is 36.2 Å². The third kappa shape index (κ3) is 7.90. The Balaban J connectivity index is 0.00000288. The van der Waals surface area contributed by atoms with Crippen molar-refractivity contribution in [3.63, 3.8) is 0 Å². The fourth-order valence-electron chi connectivity index (χ4n) is 2.60. The fourth-order valence-corrected chi connectivity index (χ4v) is 2.84. The van der Waals surface area contributed by atoms with Gasteiger partial charge in [-0.1, -0.05) is 0 Å². The number of amides is 2. The maximum Gasteiger partial charge on any atom is 0.230 e. The van der Waals surface area contributed by atoms with E-state index in [-0.39, 0.29) is 48.6 Å². The highest BCUT2D eigenvalue weighted by atomic mass is 79.9. The number of aromatic nitrogens is 1. The minimum atomic E-state index is -0.187. The van der Waals surface area contributed by atoms with Gasteiger partial charge in [0.05, 0.1) is 5.92 Å². The molecule has 2 heterocycles. The molecular formula is C16H25BrCl2N4O2. The van der Waals surface area contributed by atoms with Crippen LogP contribution in [0.3, 0.4) is 0 Å². The maximum absolute atomic E-state index is 12.4. The van der Waals surface area contributed by atoms with Crippen LogP contribution in [0.15, 0.2) is 22.8 Å². The van der Waals surface area contributed by atoms with Crippen molar-refractivity contribution in [1.82, 2.24) is 9.88 Å². The van der Waals surface area contributed by atoms with Gasteiger partial charge in [0.15, 0.2) is 0 Å². The van der Waals surface area contributed by atoms with Crippen LogP contribution in [0.25, 0.3) is 0 Å². The molecule has 3 N–H and O–H groups in total. The molecule has 0 radical (unpaired) electrons. The lowest BCUT2D eigenvalue weighted by atomic mass is 9.96. The molecule has 25 heavy (non-hydrogen) atoms. The number of rotatable bonds is 5. The zero-order chi connectivity index (χ0) is 16.8. The SMILES string of the molecule is CC(N)CCC(=O)N1CCCC(C(=O)Nc2ccc(Br)cn2)C1.Cl.Cl. The van der Waals surface area contributed by atoms with Crippen molar-refractivity contribution in [3.8, 4) is 0 Å². The van der Waals surface area contributed by atoms with E-state index in [1.54, 1.807) is 17.2 Å². The van der Waals surface area contributed by atoms with Gasteiger partial charge in [-0.2, -0.15) is 0 Å². The van der Waals surface area contributed by atoms with E-state index < -0.39 is 0 Å². The van der Waals surface area contributed by atoms with Crippen LogP contribution in [0.4, 0.5) is 5.82 Å². The summed E-state index contributed by atoms with van der Waals surface area (Å²) in [5.41, 5.74) is 5.70. The number of piperidine rings is 1. The molecule has 1 aromatic rings. The Morgan fingerprint density at radius 1 is 1.44 bits per heavy atom. The van der Waals surface area contributed by atoms with E-state index in [1.165, 1.54) is 0 Å². The number of anilines is 1. The lowest BCUT2D eigenvalue weighted by Crippen LogP contribution is -2.44. The number of hydrogen-bond donors (Lipinski definition) is 2. The standard InChI is InChI=1S/C16H23BrN4O2.2ClH/c1-11(18)4-7-15(22)21-8-2-3-12(10-21)16(23)20-14-6-5-13(17)9-19-14;;/h5-6,9,11-12H,2-4,7-8,10,18H2,1H3,(H,19,20,23);2*1H. The molecule has 1 fully saturated rings. The zero-order valence-corrected chi connectivity index (χ0v) is 17.3. The van der Waals surface area contributed by atoms with Gasteiger partial charge in [0.25, 0.3) is 0 Å². The van der Waals surface area contributed by atoms with E-state index >= 15 is 0 Å². The molecule has 0 spiro atoms. The fraction of sp³-hybridized carbons (Fsp3) is 0.562. The Morgan fingerprint density at radius 2 is 2.16 bits per heavy atom. The van der Waals surface area contributed by atoms with Crippen LogP contribution in [0.2, 0.25) is 0 Å². The molecule has 2 atom stereocenters. The van der Waals surface area contributed by atoms with Crippen LogP contribution in [-0.2, 0) is 9.59 Å². The summed E-state index contributed by atoms with van der Waals surface area (Å²) in [5.74, 6) is 0.345. The first-order valence-corrected chi connectivity index (χ1v) is 8.71. The Morgan fingerprint density at radius 3 is 2.76 bits per heavy atom. The van der Waals surface area contributed by atoms with Crippen LogP contribution in [0.1, 0.15) is 32.6 Å². The van der Waals surface area contributed by atoms with Crippen LogP contribution in [0.5, 0.6) is 0 Å². The predicted octanol–water partition coefficient (Wildman–Crippen LogP) is 2.99. The number of likely N-dealkylation sites (tertiary alicyclic amines) is 1. The molecule has 9 heteroatoms. The molecule has 2 rings (SSSR count). The van der Waals surface area contributed by atoms with Gasteiger partial charge in [-0.15, -0.1) is 24.8 Å². The third-order valence-electron chi connectivity index (χ3n) is 3.94. The molecule has 1 aliphatic rings. The van der Waals surface area contributed by atoms with Crippen LogP contribution in [-0.4, -0.2) is 40.8 Å². The summed E-state index contributed by atoms with van der Waals surface area (Å²) in [7, 11) is 0. The van der Waals surface area contributed by atoms with Crippen LogP contribution >= 0.6 is 40.7 Å². The molecule has 1 aliphatic heterocycles. The summed E-state index contributed by atoms with van der Waals surface area (Å²) in [6, 6.07) is 3.59. The van der Waals surface area contributed by atoms with Crippen LogP contribution < -0.4 is 11.1 Å². The maximum atomic E-state index is 12.4. The van der Waals surface area contributed by atoms with Gasteiger partial charge in [0.2, 0.25) is 11.8 Å². The van der Waals surface area contributed by atoms with Gasteiger partial charge < -0.3 is 16.0 Å². The second-order valence-electron chi connectivity index (χ2n) is 6.05. The third-order valence-corrected chi connectivity index (χ3v) is 4.41. The molecule has 2 unspecified atom stereocenters. The number of halogens is 3. The highest BCUT2D eigenvalue weighted by Crippen LogP contribution is 2.20. The molecule has 6 nitrogen and oxygen atoms in total. The largest absolute Gasteiger partial charge is 0.342 e. The molecular weight excluding hydrogens is 431 g/mol. The monoisotopic (exact) mass is 454 g/mol. The molecule has 0 aliphatic carbocycles. The van der Waals surface area contributed by atoms with Gasteiger partial charge in [-0.05, 0) is 54.2 Å². The number of carbonyl (C=O) groups excluding carboxylic acids is 2. The van der Waals surface area contributed by atoms with E-state index in [0.29, 0.717) is 25.2 Å². The zero-order valence-electron chi connectivity index (χ0n) is 14.1. The second-order valence-corrected chi connectivity index (χ2v) is 6.96. The van der Waals surface area contributed by atoms with Crippen molar-refractivity contribution in [3.05, 3.63) is 22.8 Å². The summed E-state index contributed by atoms with van der Waals surface area (Å²) >= 11 is 3.31. The first-order valence-electron chi connectivity index (χ1n) is 7.91. The van der Waals surface area contributed by atoms with E-state index in [1.807, 2.05) is 13.0 Å². The highest BCUT2D eigenvalue weighted by Gasteiger charge is 2.28. The number of pyridine rings is 1. The number of carbonyl (C=O) groups is 2. The lowest BCUT2D eigenvalue weighted by molar-refractivity contribution is -0.134. The Hall–Kier alpha value is -0.890. The highest BCUT2D eigenvalue weighted by molar-refractivity contribution is 9.10. The smallest absolute Gasteiger partial charge is 0.230 e. The minimum absolute atomic E-state index is 0. The minimum Gasteiger partial charge on any atom is -0.342 e. The predicted molar refractivity (Wildman–Crippen MR) is 107 cm³/mol. The first-order chi connectivity index (χ1) is 11.0. The Labute approximate surface area is 169 Å². The number of nitrogens with one attached hydrogen (secondary N) is 1. The Bertz CT molecular complexity index is 558. The summed E-state index contributed by atoms with van der Waals surface area (Å²) < 4.78 is 0.860. The topological polar surface area (TPSA) is 88.3 Å². The molecule has 142 valence electrons. The lowest BCUT2D eigenvalue weighted by Gasteiger charge is -2.32. The molecule has 1 aromatic heterocycles. The van der Waals surface area contributed by atoms with E-state index in [4.69, 9.17) is 5.73 Å². The number of nitrogens with two attached hydrogens (primary N) is 1. The van der Waals surface area contributed by atoms with Crippen molar-refractivity contribution >= 4 is 58.4 Å². The van der Waals surface area contributed by atoms with Gasteiger partial charge in [0.1, 0.15) is 5.82 Å². The van der Waals surface area contributed by atoms with E-state index in [0.717, 1.165) is 23.9 Å². The number of nitrogens with zero attached hydrogens (tertiary/aromatic N) is 2. The van der Waals surface area contributed by atoms with Crippen molar-refractivity contribution in [2.24, 2.45) is 11.7 Å². The van der Waals surface area contributed by atoms with Crippen LogP contribution in [0, 0.1) is 5.92 Å². The quantitative estimate of drug-likeness (QED) is 0.714. The second kappa shape index (κ2) is 11.7. The molecule has 0 bridgehead atoms. The van der Waals surface area contributed by atoms with Gasteiger partial charge in [-0.3, -0.25) is 9.59 Å². The molecule has 2 amide bonds. The van der Waals surface area contributed by atoms with Crippen molar-refractivity contribution in [2.45, 2.75) is 38.6 Å². The van der Waals surface area contributed by atoms with E-state index in [9.17, 15) is 9.59 Å². The van der Waals surface area contributed by atoms with Crippen molar-refractivity contribution in [1.29, 1.82) is 0 Å². The molecule has 1 saturated heterocycles. The number of hydrogen-bond acceptors (Lipinski definition) is 4. The summed E-state index contributed by atoms with van der Waals surface area (Å²) in [4.78, 5) is 30.5. The first kappa shape index (κ1) is 24.1. The molecule has 0 saturated carbocycles. The normalized spacial score (nSPS) is 17.7. The summed E-state index contributed by atoms with van der Waals surface area (Å²) in [6.45, 7) is 3.09. The molecule has 0 aromatic carbocycles. The average molecular weight is 456 g/mol. The van der Waals surface area contributed by atoms with Gasteiger partial charge >= 0.3 is 0 Å². The summed E-state index contributed by atoms with van der Waals surface area (Å²) in [6.07, 6.45) is 4.39. The average Bonchev–Trinajstić information content (AvgIpc) is 2.54. The van der Waals surface area contributed by atoms with Gasteiger partial charge in [-0.25, -0.2) is 4.98 Å². The van der Waals surface area contributed by atoms with E-state index in [2.05, 4.69) is 26.2 Å². The Kier molecular flexibility index (Phi) is 11.3. The van der Waals surface area contributed by atoms with Crippen molar-refractivity contribution in [2.75, 3.05) is 18.4 Å².